The smallest absolute Gasteiger partial charge is 0.314 e. The predicted octanol–water partition coefficient (Wildman–Crippen LogP) is 3.62. The van der Waals surface area contributed by atoms with Crippen molar-refractivity contribution in [2.45, 2.75) is 26.2 Å². The molecule has 0 spiro atoms. The molecule has 2 amide bonds. The van der Waals surface area contributed by atoms with E-state index in [1.807, 2.05) is 24.3 Å². The van der Waals surface area contributed by atoms with E-state index in [0.29, 0.717) is 17.1 Å². The van der Waals surface area contributed by atoms with Gasteiger partial charge in [0.1, 0.15) is 5.75 Å². The van der Waals surface area contributed by atoms with E-state index in [9.17, 15) is 9.59 Å². The summed E-state index contributed by atoms with van der Waals surface area (Å²) in [5.74, 6) is -0.733. The van der Waals surface area contributed by atoms with Crippen molar-refractivity contribution in [3.63, 3.8) is 0 Å². The van der Waals surface area contributed by atoms with Crippen molar-refractivity contribution in [2.24, 2.45) is 0 Å². The monoisotopic (exact) mass is 326 g/mol. The fourth-order valence-corrected chi connectivity index (χ4v) is 2.19. The number of hydrogen-bond acceptors (Lipinski definition) is 3. The number of aryl methyl sites for hydroxylation is 1. The topological polar surface area (TPSA) is 67.4 Å². The van der Waals surface area contributed by atoms with Gasteiger partial charge in [0.2, 0.25) is 0 Å². The first-order valence-electron chi connectivity index (χ1n) is 7.97. The lowest BCUT2D eigenvalue weighted by atomic mass is 10.1. The first-order chi connectivity index (χ1) is 11.6. The van der Waals surface area contributed by atoms with Gasteiger partial charge in [0.15, 0.2) is 0 Å². The summed E-state index contributed by atoms with van der Waals surface area (Å²) in [5.41, 5.74) is 2.36. The number of rotatable bonds is 6. The van der Waals surface area contributed by atoms with Gasteiger partial charge in [0, 0.05) is 11.4 Å². The highest BCUT2D eigenvalue weighted by Gasteiger charge is 2.14. The Bertz CT molecular complexity index is 679. The number of carbonyl (C=O) groups is 2. The molecule has 2 rings (SSSR count). The third kappa shape index (κ3) is 5.12. The first-order valence-corrected chi connectivity index (χ1v) is 7.97. The van der Waals surface area contributed by atoms with Crippen LogP contribution in [0.5, 0.6) is 5.75 Å². The van der Waals surface area contributed by atoms with E-state index in [0.717, 1.165) is 19.3 Å². The molecule has 0 bridgehead atoms. The van der Waals surface area contributed by atoms with E-state index in [2.05, 4.69) is 17.6 Å². The van der Waals surface area contributed by atoms with Crippen LogP contribution in [-0.4, -0.2) is 18.9 Å². The minimum Gasteiger partial charge on any atom is -0.497 e. The van der Waals surface area contributed by atoms with E-state index in [-0.39, 0.29) is 0 Å². The normalized spacial score (nSPS) is 10.1. The van der Waals surface area contributed by atoms with Crippen LogP contribution in [-0.2, 0) is 16.0 Å². The summed E-state index contributed by atoms with van der Waals surface area (Å²) < 4.78 is 5.04. The molecular weight excluding hydrogens is 304 g/mol. The first kappa shape index (κ1) is 17.5. The van der Waals surface area contributed by atoms with E-state index in [1.165, 1.54) is 5.56 Å². The third-order valence-corrected chi connectivity index (χ3v) is 3.58. The molecule has 2 N–H and O–H groups in total. The largest absolute Gasteiger partial charge is 0.497 e. The van der Waals surface area contributed by atoms with Crippen LogP contribution in [0.2, 0.25) is 0 Å². The van der Waals surface area contributed by atoms with Crippen molar-refractivity contribution in [1.82, 2.24) is 0 Å². The minimum absolute atomic E-state index is 0.533. The van der Waals surface area contributed by atoms with Crippen molar-refractivity contribution in [2.75, 3.05) is 17.7 Å². The van der Waals surface area contributed by atoms with Gasteiger partial charge in [-0.2, -0.15) is 0 Å². The summed E-state index contributed by atoms with van der Waals surface area (Å²) in [5, 5.41) is 5.14. The lowest BCUT2D eigenvalue weighted by molar-refractivity contribution is -0.132. The summed E-state index contributed by atoms with van der Waals surface area (Å²) in [7, 11) is 1.56. The Morgan fingerprint density at radius 3 is 1.83 bits per heavy atom. The fraction of sp³-hybridized carbons (Fsp3) is 0.263. The number of unbranched alkanes of at least 4 members (excludes halogenated alkanes) is 1. The standard InChI is InChI=1S/C19H22N2O3/c1-3-4-5-14-6-8-15(9-7-14)20-18(22)19(23)21-16-10-12-17(24-2)13-11-16/h6-13H,3-5H2,1-2H3,(H,20,22)(H,21,23). The molecule has 5 nitrogen and oxygen atoms in total. The number of ether oxygens (including phenoxy) is 1. The van der Waals surface area contributed by atoms with Crippen LogP contribution in [0.3, 0.4) is 0 Å². The maximum Gasteiger partial charge on any atom is 0.314 e. The maximum atomic E-state index is 11.9. The molecule has 0 saturated heterocycles. The molecule has 0 radical (unpaired) electrons. The van der Waals surface area contributed by atoms with Crippen LogP contribution in [0, 0.1) is 0 Å². The highest BCUT2D eigenvalue weighted by molar-refractivity contribution is 6.43. The molecule has 0 aliphatic rings. The fourth-order valence-electron chi connectivity index (χ4n) is 2.19. The molecule has 0 aromatic heterocycles. The van der Waals surface area contributed by atoms with E-state index in [4.69, 9.17) is 4.74 Å². The van der Waals surface area contributed by atoms with Gasteiger partial charge in [-0.3, -0.25) is 9.59 Å². The molecule has 0 fully saturated rings. The summed E-state index contributed by atoms with van der Waals surface area (Å²) in [6.45, 7) is 2.15. The van der Waals surface area contributed by atoms with Gasteiger partial charge in [-0.1, -0.05) is 25.5 Å². The number of amides is 2. The number of hydrogen-bond donors (Lipinski definition) is 2. The summed E-state index contributed by atoms with van der Waals surface area (Å²) >= 11 is 0. The zero-order valence-electron chi connectivity index (χ0n) is 14.0. The maximum absolute atomic E-state index is 11.9. The van der Waals surface area contributed by atoms with Gasteiger partial charge >= 0.3 is 11.8 Å². The van der Waals surface area contributed by atoms with Crippen LogP contribution >= 0.6 is 0 Å². The molecule has 0 aliphatic heterocycles. The average Bonchev–Trinajstić information content (AvgIpc) is 2.61. The van der Waals surface area contributed by atoms with Crippen molar-refractivity contribution < 1.29 is 14.3 Å². The minimum atomic E-state index is -0.713. The van der Waals surface area contributed by atoms with Gasteiger partial charge in [0.05, 0.1) is 7.11 Å². The Labute approximate surface area is 142 Å². The third-order valence-electron chi connectivity index (χ3n) is 3.58. The number of carbonyl (C=O) groups excluding carboxylic acids is 2. The van der Waals surface area contributed by atoms with Gasteiger partial charge < -0.3 is 15.4 Å². The van der Waals surface area contributed by atoms with E-state index in [1.54, 1.807) is 31.4 Å². The second kappa shape index (κ2) is 8.72. The molecule has 2 aromatic rings. The van der Waals surface area contributed by atoms with Crippen LogP contribution < -0.4 is 15.4 Å². The molecule has 0 aliphatic carbocycles. The zero-order chi connectivity index (χ0) is 17.4. The lowest BCUT2D eigenvalue weighted by Gasteiger charge is -2.08. The van der Waals surface area contributed by atoms with Crippen LogP contribution in [0.1, 0.15) is 25.3 Å². The summed E-state index contributed by atoms with van der Waals surface area (Å²) in [6.07, 6.45) is 3.29. The average molecular weight is 326 g/mol. The van der Waals surface area contributed by atoms with Crippen molar-refractivity contribution in [3.8, 4) is 5.75 Å². The second-order valence-corrected chi connectivity index (χ2v) is 5.44. The van der Waals surface area contributed by atoms with Gasteiger partial charge in [-0.05, 0) is 54.8 Å². The molecular formula is C19H22N2O3. The molecule has 24 heavy (non-hydrogen) atoms. The van der Waals surface area contributed by atoms with Crippen LogP contribution in [0.25, 0.3) is 0 Å². The van der Waals surface area contributed by atoms with Crippen molar-refractivity contribution in [3.05, 3.63) is 54.1 Å². The highest BCUT2D eigenvalue weighted by Crippen LogP contribution is 2.15. The second-order valence-electron chi connectivity index (χ2n) is 5.44. The highest BCUT2D eigenvalue weighted by atomic mass is 16.5. The molecule has 0 unspecified atom stereocenters. The molecule has 126 valence electrons. The van der Waals surface area contributed by atoms with Gasteiger partial charge in [-0.25, -0.2) is 0 Å². The molecule has 0 atom stereocenters. The molecule has 5 heteroatoms. The predicted molar refractivity (Wildman–Crippen MR) is 95.3 cm³/mol. The SMILES string of the molecule is CCCCc1ccc(NC(=O)C(=O)Nc2ccc(OC)cc2)cc1. The van der Waals surface area contributed by atoms with Crippen molar-refractivity contribution in [1.29, 1.82) is 0 Å². The molecule has 0 saturated carbocycles. The zero-order valence-corrected chi connectivity index (χ0v) is 14.0. The Balaban J connectivity index is 1.89. The summed E-state index contributed by atoms with van der Waals surface area (Å²) in [4.78, 5) is 23.9. The Kier molecular flexibility index (Phi) is 6.37. The molecule has 2 aromatic carbocycles. The van der Waals surface area contributed by atoms with E-state index >= 15 is 0 Å². The number of anilines is 2. The number of nitrogens with one attached hydrogen (secondary N) is 2. The van der Waals surface area contributed by atoms with Gasteiger partial charge in [-0.15, -0.1) is 0 Å². The van der Waals surface area contributed by atoms with E-state index < -0.39 is 11.8 Å². The van der Waals surface area contributed by atoms with Crippen molar-refractivity contribution >= 4 is 23.2 Å². The number of methoxy groups -OCH3 is 1. The Morgan fingerprint density at radius 2 is 1.38 bits per heavy atom. The lowest BCUT2D eigenvalue weighted by Crippen LogP contribution is -2.29. The van der Waals surface area contributed by atoms with Crippen LogP contribution in [0.15, 0.2) is 48.5 Å². The quantitative estimate of drug-likeness (QED) is 0.797. The van der Waals surface area contributed by atoms with Gasteiger partial charge in [0.25, 0.3) is 0 Å². The van der Waals surface area contributed by atoms with Crippen LogP contribution in [0.4, 0.5) is 11.4 Å². The Hall–Kier alpha value is -2.82. The number of benzene rings is 2. The molecule has 0 heterocycles. The Morgan fingerprint density at radius 1 is 0.875 bits per heavy atom. The summed E-state index contributed by atoms with van der Waals surface area (Å²) in [6, 6.07) is 14.3.